The molecule has 0 unspecified atom stereocenters. The summed E-state index contributed by atoms with van der Waals surface area (Å²) < 4.78 is 54.1. The molecule has 0 saturated heterocycles. The van der Waals surface area contributed by atoms with E-state index in [4.69, 9.17) is 9.15 Å². The Morgan fingerprint density at radius 2 is 1.91 bits per heavy atom. The Morgan fingerprint density at radius 1 is 1.14 bits per heavy atom. The number of rotatable bonds is 10. The zero-order valence-corrected chi connectivity index (χ0v) is 20.3. The molecule has 2 aromatic carbocycles. The summed E-state index contributed by atoms with van der Waals surface area (Å²) in [5, 5.41) is 9.90. The van der Waals surface area contributed by atoms with Crippen LogP contribution >= 0.6 is 0 Å². The van der Waals surface area contributed by atoms with Crippen molar-refractivity contribution >= 4 is 21.7 Å². The average molecular weight is 503 g/mol. The van der Waals surface area contributed by atoms with Crippen molar-refractivity contribution in [2.24, 2.45) is 0 Å². The molecule has 0 atom stereocenters. The topological polar surface area (TPSA) is 109 Å². The molecule has 2 heterocycles. The third-order valence-electron chi connectivity index (χ3n) is 6.13. The number of ether oxygens (including phenoxy) is 1. The average Bonchev–Trinajstić information content (AvgIpc) is 3.30. The first kappa shape index (κ1) is 24.7. The third-order valence-corrected chi connectivity index (χ3v) is 7.59. The Bertz CT molecular complexity index is 1350. The number of carboxylic acid groups (broad SMARTS) is 1. The Labute approximate surface area is 203 Å². The van der Waals surface area contributed by atoms with E-state index in [0.717, 1.165) is 25.7 Å². The Hall–Kier alpha value is -3.37. The summed E-state index contributed by atoms with van der Waals surface area (Å²) in [7, 11) is -4.22. The van der Waals surface area contributed by atoms with E-state index in [0.29, 0.717) is 35.3 Å². The van der Waals surface area contributed by atoms with Crippen LogP contribution in [0, 0.1) is 5.82 Å². The minimum Gasteiger partial charge on any atom is -0.484 e. The first-order valence-corrected chi connectivity index (χ1v) is 12.9. The number of aromatic carboxylic acids is 1. The van der Waals surface area contributed by atoms with Crippen molar-refractivity contribution < 1.29 is 31.9 Å². The number of nitrogens with zero attached hydrogens (tertiary/aromatic N) is 1. The van der Waals surface area contributed by atoms with Crippen LogP contribution < -0.4 is 9.46 Å². The minimum atomic E-state index is -4.22. The van der Waals surface area contributed by atoms with Crippen LogP contribution in [-0.4, -0.2) is 44.0 Å². The molecule has 0 amide bonds. The SMILES string of the molecule is CCN(CC)CCCc1cc(F)ccc1S(=O)(=O)Nc1ccc2c(c1C(=O)O)OCc1occc1-2. The number of halogens is 1. The van der Waals surface area contributed by atoms with Crippen LogP contribution in [-0.2, 0) is 23.1 Å². The number of carboxylic acids is 1. The number of aryl methyl sites for hydroxylation is 1. The number of furan rings is 1. The highest BCUT2D eigenvalue weighted by molar-refractivity contribution is 7.92. The second-order valence-corrected chi connectivity index (χ2v) is 9.85. The molecule has 3 aromatic rings. The summed E-state index contributed by atoms with van der Waals surface area (Å²) >= 11 is 0. The summed E-state index contributed by atoms with van der Waals surface area (Å²) in [6, 6.07) is 8.17. The highest BCUT2D eigenvalue weighted by Crippen LogP contribution is 2.43. The number of hydrogen-bond donors (Lipinski definition) is 2. The zero-order valence-electron chi connectivity index (χ0n) is 19.5. The van der Waals surface area contributed by atoms with E-state index in [-0.39, 0.29) is 28.5 Å². The van der Waals surface area contributed by atoms with Crippen molar-refractivity contribution in [3.63, 3.8) is 0 Å². The third kappa shape index (κ3) is 5.03. The molecule has 1 aliphatic heterocycles. The van der Waals surface area contributed by atoms with Crippen molar-refractivity contribution in [3.8, 4) is 16.9 Å². The first-order chi connectivity index (χ1) is 16.7. The Balaban J connectivity index is 1.67. The van der Waals surface area contributed by atoms with Gasteiger partial charge in [-0.15, -0.1) is 0 Å². The molecule has 186 valence electrons. The summed E-state index contributed by atoms with van der Waals surface area (Å²) in [4.78, 5) is 14.3. The second-order valence-electron chi connectivity index (χ2n) is 8.20. The lowest BCUT2D eigenvalue weighted by molar-refractivity contribution is 0.0692. The lowest BCUT2D eigenvalue weighted by atomic mass is 9.98. The largest absolute Gasteiger partial charge is 0.484 e. The lowest BCUT2D eigenvalue weighted by Gasteiger charge is -2.21. The van der Waals surface area contributed by atoms with E-state index in [1.807, 2.05) is 13.8 Å². The first-order valence-electron chi connectivity index (χ1n) is 11.4. The maximum atomic E-state index is 14.0. The van der Waals surface area contributed by atoms with Crippen molar-refractivity contribution in [2.75, 3.05) is 24.4 Å². The van der Waals surface area contributed by atoms with E-state index in [1.165, 1.54) is 24.5 Å². The summed E-state index contributed by atoms with van der Waals surface area (Å²) in [6.45, 7) is 6.59. The van der Waals surface area contributed by atoms with Gasteiger partial charge in [-0.25, -0.2) is 17.6 Å². The Morgan fingerprint density at radius 3 is 2.63 bits per heavy atom. The highest BCUT2D eigenvalue weighted by atomic mass is 32.2. The van der Waals surface area contributed by atoms with Gasteiger partial charge in [0.05, 0.1) is 16.8 Å². The van der Waals surface area contributed by atoms with E-state index in [1.54, 1.807) is 12.1 Å². The van der Waals surface area contributed by atoms with Gasteiger partial charge < -0.3 is 19.2 Å². The molecule has 2 N–H and O–H groups in total. The molecule has 8 nitrogen and oxygen atoms in total. The molecule has 1 aliphatic rings. The molecule has 0 aliphatic carbocycles. The van der Waals surface area contributed by atoms with Gasteiger partial charge in [0.25, 0.3) is 10.0 Å². The van der Waals surface area contributed by atoms with E-state index >= 15 is 0 Å². The maximum Gasteiger partial charge on any atom is 0.341 e. The number of anilines is 1. The van der Waals surface area contributed by atoms with Crippen molar-refractivity contribution in [1.82, 2.24) is 4.90 Å². The normalized spacial score (nSPS) is 12.7. The summed E-state index contributed by atoms with van der Waals surface area (Å²) in [5.74, 6) is -1.26. The van der Waals surface area contributed by atoms with Crippen molar-refractivity contribution in [2.45, 2.75) is 38.2 Å². The molecule has 0 spiro atoms. The number of carbonyl (C=O) groups is 1. The standard InChI is InChI=1S/C25H27FN2O6S/c1-3-28(4-2)12-5-6-16-14-17(26)7-10-22(16)35(31,32)27-20-9-8-19-18-11-13-33-21(18)15-34-24(19)23(20)25(29)30/h7-11,13-14,27H,3-6,12,15H2,1-2H3,(H,29,30). The van der Waals surface area contributed by atoms with Gasteiger partial charge in [0.2, 0.25) is 0 Å². The second kappa shape index (κ2) is 10.1. The van der Waals surface area contributed by atoms with Gasteiger partial charge >= 0.3 is 5.97 Å². The van der Waals surface area contributed by atoms with E-state index < -0.39 is 21.8 Å². The maximum absolute atomic E-state index is 14.0. The van der Waals surface area contributed by atoms with Gasteiger partial charge in [-0.2, -0.15) is 0 Å². The monoisotopic (exact) mass is 502 g/mol. The van der Waals surface area contributed by atoms with E-state index in [9.17, 15) is 22.7 Å². The minimum absolute atomic E-state index is 0.0282. The quantitative estimate of drug-likeness (QED) is 0.412. The molecule has 0 fully saturated rings. The molecule has 10 heteroatoms. The highest BCUT2D eigenvalue weighted by Gasteiger charge is 2.30. The van der Waals surface area contributed by atoms with Crippen LogP contribution in [0.15, 0.2) is 52.0 Å². The fourth-order valence-corrected chi connectivity index (χ4v) is 5.63. The molecule has 35 heavy (non-hydrogen) atoms. The fourth-order valence-electron chi connectivity index (χ4n) is 4.31. The fraction of sp³-hybridized carbons (Fsp3) is 0.320. The predicted octanol–water partition coefficient (Wildman–Crippen LogP) is 4.75. The molecule has 0 radical (unpaired) electrons. The van der Waals surface area contributed by atoms with Crippen molar-refractivity contribution in [3.05, 3.63) is 65.4 Å². The number of hydrogen-bond acceptors (Lipinski definition) is 6. The molecule has 0 bridgehead atoms. The number of nitrogens with one attached hydrogen (secondary N) is 1. The van der Waals surface area contributed by atoms with Crippen LogP contribution in [0.3, 0.4) is 0 Å². The molecule has 4 rings (SSSR count). The number of sulfonamides is 1. The van der Waals surface area contributed by atoms with Gasteiger partial charge in [0.15, 0.2) is 0 Å². The van der Waals surface area contributed by atoms with E-state index in [2.05, 4.69) is 9.62 Å². The van der Waals surface area contributed by atoms with Gasteiger partial charge in [-0.05, 0) is 74.4 Å². The van der Waals surface area contributed by atoms with Gasteiger partial charge in [0, 0.05) is 11.1 Å². The predicted molar refractivity (Wildman–Crippen MR) is 129 cm³/mol. The van der Waals surface area contributed by atoms with Gasteiger partial charge in [-0.3, -0.25) is 4.72 Å². The van der Waals surface area contributed by atoms with Crippen LogP contribution in [0.5, 0.6) is 5.75 Å². The van der Waals surface area contributed by atoms with Gasteiger partial charge in [0.1, 0.15) is 29.5 Å². The lowest BCUT2D eigenvalue weighted by Crippen LogP contribution is -2.24. The van der Waals surface area contributed by atoms with Crippen LogP contribution in [0.4, 0.5) is 10.1 Å². The smallest absolute Gasteiger partial charge is 0.341 e. The molecule has 0 saturated carbocycles. The zero-order chi connectivity index (χ0) is 25.2. The van der Waals surface area contributed by atoms with Crippen LogP contribution in [0.25, 0.3) is 11.1 Å². The Kier molecular flexibility index (Phi) is 7.13. The molecule has 1 aromatic heterocycles. The van der Waals surface area contributed by atoms with Crippen LogP contribution in [0.2, 0.25) is 0 Å². The number of benzene rings is 2. The summed E-state index contributed by atoms with van der Waals surface area (Å²) in [6.07, 6.45) is 2.48. The van der Waals surface area contributed by atoms with Gasteiger partial charge in [-0.1, -0.05) is 13.8 Å². The molecular formula is C25H27FN2O6S. The van der Waals surface area contributed by atoms with Crippen LogP contribution in [0.1, 0.15) is 41.9 Å². The number of fused-ring (bicyclic) bond motifs is 3. The summed E-state index contributed by atoms with van der Waals surface area (Å²) in [5.41, 5.74) is 1.08. The molecular weight excluding hydrogens is 475 g/mol. The van der Waals surface area contributed by atoms with Crippen molar-refractivity contribution in [1.29, 1.82) is 0 Å².